The number of nitrogens with one attached hydrogen (secondary N) is 2. The van der Waals surface area contributed by atoms with Crippen LogP contribution < -0.4 is 15.4 Å². The maximum atomic E-state index is 9.70. The van der Waals surface area contributed by atoms with Gasteiger partial charge in [0.15, 0.2) is 5.82 Å². The van der Waals surface area contributed by atoms with Gasteiger partial charge in [-0.15, -0.1) is 0 Å². The van der Waals surface area contributed by atoms with Crippen LogP contribution in [0.2, 0.25) is 0 Å². The smallest absolute Gasteiger partial charge is 0.153 e. The van der Waals surface area contributed by atoms with E-state index in [9.17, 15) is 5.26 Å². The van der Waals surface area contributed by atoms with Crippen molar-refractivity contribution in [2.45, 2.75) is 37.6 Å². The highest BCUT2D eigenvalue weighted by Crippen LogP contribution is 2.47. The first-order valence-electron chi connectivity index (χ1n) is 10.9. The third-order valence-electron chi connectivity index (χ3n) is 6.11. The lowest BCUT2D eigenvalue weighted by Crippen LogP contribution is -2.29. The number of nitriles is 1. The Labute approximate surface area is 182 Å². The molecule has 2 N–H and O–H groups in total. The number of hydrogen-bond donors (Lipinski definition) is 2. The Morgan fingerprint density at radius 1 is 1.10 bits per heavy atom. The number of methoxy groups -OCH3 is 1. The number of nitrogens with zero attached hydrogens (tertiary/aromatic N) is 4. The van der Waals surface area contributed by atoms with Crippen molar-refractivity contribution in [3.05, 3.63) is 53.9 Å². The van der Waals surface area contributed by atoms with Crippen LogP contribution in [0.25, 0.3) is 11.1 Å². The van der Waals surface area contributed by atoms with E-state index >= 15 is 0 Å². The van der Waals surface area contributed by atoms with Crippen LogP contribution in [0.1, 0.15) is 48.8 Å². The highest BCUT2D eigenvalue weighted by molar-refractivity contribution is 5.72. The van der Waals surface area contributed by atoms with E-state index in [0.29, 0.717) is 17.5 Å². The van der Waals surface area contributed by atoms with Crippen molar-refractivity contribution in [1.29, 1.82) is 5.26 Å². The van der Waals surface area contributed by atoms with Crippen molar-refractivity contribution >= 4 is 11.6 Å². The fourth-order valence-electron chi connectivity index (χ4n) is 4.34. The van der Waals surface area contributed by atoms with Gasteiger partial charge in [0.25, 0.3) is 0 Å². The summed E-state index contributed by atoms with van der Waals surface area (Å²) in [6, 6.07) is 12.7. The molecule has 0 radical (unpaired) electrons. The zero-order chi connectivity index (χ0) is 21.2. The molecule has 1 aromatic carbocycles. The predicted octanol–water partition coefficient (Wildman–Crippen LogP) is 4.37. The van der Waals surface area contributed by atoms with Crippen LogP contribution in [0.15, 0.2) is 42.7 Å². The van der Waals surface area contributed by atoms with Crippen molar-refractivity contribution < 1.29 is 4.74 Å². The molecule has 31 heavy (non-hydrogen) atoms. The van der Waals surface area contributed by atoms with Gasteiger partial charge in [-0.2, -0.15) is 10.4 Å². The van der Waals surface area contributed by atoms with Crippen molar-refractivity contribution in [3.63, 3.8) is 0 Å². The molecule has 0 atom stereocenters. The van der Waals surface area contributed by atoms with Crippen LogP contribution in [-0.2, 0) is 0 Å². The number of benzene rings is 1. The Hall–Kier alpha value is -3.37. The van der Waals surface area contributed by atoms with Crippen molar-refractivity contribution in [3.8, 4) is 22.9 Å². The minimum Gasteiger partial charge on any atom is -0.496 e. The highest BCUT2D eigenvalue weighted by Gasteiger charge is 2.30. The molecule has 1 aliphatic heterocycles. The topological polar surface area (TPSA) is 87.8 Å². The van der Waals surface area contributed by atoms with Gasteiger partial charge in [-0.3, -0.25) is 4.68 Å². The minimum absolute atomic E-state index is 0.443. The molecule has 5 rings (SSSR count). The first-order chi connectivity index (χ1) is 15.2. The first kappa shape index (κ1) is 19.6. The molecule has 1 saturated heterocycles. The van der Waals surface area contributed by atoms with Crippen LogP contribution in [-0.4, -0.2) is 35.0 Å². The van der Waals surface area contributed by atoms with Crippen molar-refractivity contribution in [2.24, 2.45) is 0 Å². The van der Waals surface area contributed by atoms with E-state index in [4.69, 9.17) is 9.84 Å². The van der Waals surface area contributed by atoms with E-state index in [1.807, 2.05) is 41.2 Å². The Balaban J connectivity index is 1.39. The first-order valence-corrected chi connectivity index (χ1v) is 10.9. The maximum Gasteiger partial charge on any atom is 0.153 e. The average molecular weight is 415 g/mol. The number of aromatic nitrogens is 3. The lowest BCUT2D eigenvalue weighted by molar-refractivity contribution is 0.344. The maximum absolute atomic E-state index is 9.70. The lowest BCUT2D eigenvalue weighted by Gasteiger charge is -2.22. The molecule has 3 heterocycles. The van der Waals surface area contributed by atoms with E-state index in [2.05, 4.69) is 21.7 Å². The fourth-order valence-corrected chi connectivity index (χ4v) is 4.34. The fraction of sp³-hybridized carbons (Fsp3) is 0.375. The molecule has 0 bridgehead atoms. The third-order valence-corrected chi connectivity index (χ3v) is 6.11. The average Bonchev–Trinajstić information content (AvgIpc) is 3.56. The van der Waals surface area contributed by atoms with Gasteiger partial charge in [0.05, 0.1) is 24.8 Å². The van der Waals surface area contributed by atoms with Crippen molar-refractivity contribution in [2.75, 3.05) is 25.5 Å². The van der Waals surface area contributed by atoms with Crippen LogP contribution >= 0.6 is 0 Å². The molecule has 0 amide bonds. The molecular weight excluding hydrogens is 388 g/mol. The molecule has 1 aliphatic carbocycles. The second-order valence-electron chi connectivity index (χ2n) is 8.24. The summed E-state index contributed by atoms with van der Waals surface area (Å²) < 4.78 is 7.69. The zero-order valence-corrected chi connectivity index (χ0v) is 17.6. The van der Waals surface area contributed by atoms with Gasteiger partial charge in [-0.05, 0) is 80.1 Å². The number of piperidine rings is 1. The highest BCUT2D eigenvalue weighted by atomic mass is 16.5. The van der Waals surface area contributed by atoms with Crippen LogP contribution in [0.5, 0.6) is 5.75 Å². The molecule has 2 fully saturated rings. The Morgan fingerprint density at radius 3 is 2.68 bits per heavy atom. The van der Waals surface area contributed by atoms with E-state index in [-0.39, 0.29) is 0 Å². The van der Waals surface area contributed by atoms with E-state index in [1.165, 1.54) is 0 Å². The van der Waals surface area contributed by atoms with Gasteiger partial charge < -0.3 is 15.4 Å². The summed E-state index contributed by atoms with van der Waals surface area (Å²) in [5.74, 6) is 2.74. The van der Waals surface area contributed by atoms with Gasteiger partial charge in [-0.1, -0.05) is 0 Å². The standard InChI is InChI=1S/C24H26N6O/c1-31-21-13-18(12-19(15-25)24(21)16-2-3-16)17-4-10-27-23(14-17)28-22-7-11-30(29-22)20-5-8-26-9-6-20/h4,7,10-14,16,20,26H,2-3,5-6,8-9H2,1H3,(H,27,28,29). The number of hydrogen-bond acceptors (Lipinski definition) is 6. The lowest BCUT2D eigenvalue weighted by atomic mass is 9.96. The number of pyridine rings is 1. The molecule has 158 valence electrons. The molecule has 3 aromatic rings. The van der Waals surface area contributed by atoms with Crippen LogP contribution in [0.3, 0.4) is 0 Å². The van der Waals surface area contributed by atoms with Gasteiger partial charge in [-0.25, -0.2) is 4.98 Å². The molecule has 1 saturated carbocycles. The molecular formula is C24H26N6O. The zero-order valence-electron chi connectivity index (χ0n) is 17.6. The molecule has 0 spiro atoms. The number of ether oxygens (including phenoxy) is 1. The minimum atomic E-state index is 0.443. The van der Waals surface area contributed by atoms with E-state index in [0.717, 1.165) is 72.8 Å². The molecule has 2 aliphatic rings. The second-order valence-corrected chi connectivity index (χ2v) is 8.24. The predicted molar refractivity (Wildman–Crippen MR) is 120 cm³/mol. The normalized spacial score (nSPS) is 16.6. The molecule has 2 aromatic heterocycles. The number of anilines is 2. The third kappa shape index (κ3) is 4.12. The van der Waals surface area contributed by atoms with Gasteiger partial charge in [0, 0.05) is 24.0 Å². The number of rotatable bonds is 6. The van der Waals surface area contributed by atoms with Crippen molar-refractivity contribution in [1.82, 2.24) is 20.1 Å². The quantitative estimate of drug-likeness (QED) is 0.623. The summed E-state index contributed by atoms with van der Waals surface area (Å²) in [6.45, 7) is 2.06. The van der Waals surface area contributed by atoms with Gasteiger partial charge in [0.1, 0.15) is 11.6 Å². The molecule has 0 unspecified atom stereocenters. The summed E-state index contributed by atoms with van der Waals surface area (Å²) in [6.07, 6.45) is 8.23. The van der Waals surface area contributed by atoms with E-state index < -0.39 is 0 Å². The monoisotopic (exact) mass is 414 g/mol. The summed E-state index contributed by atoms with van der Waals surface area (Å²) in [4.78, 5) is 4.46. The largest absolute Gasteiger partial charge is 0.496 e. The van der Waals surface area contributed by atoms with Gasteiger partial charge >= 0.3 is 0 Å². The molecule has 7 heteroatoms. The molecule has 7 nitrogen and oxygen atoms in total. The SMILES string of the molecule is COc1cc(-c2ccnc(Nc3ccn(C4CCNCC4)n3)c2)cc(C#N)c1C1CC1. The van der Waals surface area contributed by atoms with Crippen LogP contribution in [0, 0.1) is 11.3 Å². The summed E-state index contributed by atoms with van der Waals surface area (Å²) >= 11 is 0. The Kier molecular flexibility index (Phi) is 5.31. The summed E-state index contributed by atoms with van der Waals surface area (Å²) in [5.41, 5.74) is 3.67. The van der Waals surface area contributed by atoms with Crippen LogP contribution in [0.4, 0.5) is 11.6 Å². The summed E-state index contributed by atoms with van der Waals surface area (Å²) in [7, 11) is 1.67. The van der Waals surface area contributed by atoms with Gasteiger partial charge in [0.2, 0.25) is 0 Å². The van der Waals surface area contributed by atoms with E-state index in [1.54, 1.807) is 13.3 Å². The Morgan fingerprint density at radius 2 is 1.94 bits per heavy atom. The Bertz CT molecular complexity index is 1120. The second kappa shape index (κ2) is 8.40. The summed E-state index contributed by atoms with van der Waals surface area (Å²) in [5, 5.41) is 21.1.